The summed E-state index contributed by atoms with van der Waals surface area (Å²) < 4.78 is 40.9. The lowest BCUT2D eigenvalue weighted by molar-refractivity contribution is -0.131. The van der Waals surface area contributed by atoms with Crippen LogP contribution in [0.2, 0.25) is 0 Å². The van der Waals surface area contributed by atoms with Crippen molar-refractivity contribution in [1.82, 2.24) is 41.9 Å². The van der Waals surface area contributed by atoms with E-state index in [9.17, 15) is 37.2 Å². The Morgan fingerprint density at radius 3 is 1.34 bits per heavy atom. The quantitative estimate of drug-likeness (QED) is 0.0165. The molecule has 14 N–H and O–H groups in total. The minimum Gasteiger partial charge on any atom is -0.384 e. The zero-order chi connectivity index (χ0) is 62.9. The lowest BCUT2D eigenvalue weighted by Crippen LogP contribution is -2.54. The maximum absolute atomic E-state index is 14.1. The van der Waals surface area contributed by atoms with Crippen molar-refractivity contribution in [2.75, 3.05) is 46.1 Å². The van der Waals surface area contributed by atoms with Crippen molar-refractivity contribution in [2.24, 2.45) is 23.3 Å². The first kappa shape index (κ1) is 69.5. The van der Waals surface area contributed by atoms with E-state index in [-0.39, 0.29) is 120 Å². The van der Waals surface area contributed by atoms with Gasteiger partial charge in [-0.15, -0.1) is 0 Å². The van der Waals surface area contributed by atoms with Gasteiger partial charge < -0.3 is 58.2 Å². The summed E-state index contributed by atoms with van der Waals surface area (Å²) in [4.78, 5) is 82.1. The standard InChI is InChI=1S/C65H92N12O10S/c66-60(67)52-25-21-49(22-26-52)43-73-62(80)54(75-64(82)56(41-47-15-7-2-8-16-47)70-34-33-46-13-5-1-6-14-46)29-31-58(78)71-35-37-86-39-40-87-38-36-72-59(79)32-30-55(63(81)74-44-50-23-27-53(28-24-50)61(68)69)76-65(83)57(42-48-17-9-3-10-18-48)77-88(84,85)45-51-19-11-4-12-20-51/h1,4-6,11-14,19-28,47-48,54-57,70,77H,2-3,7-10,15-18,29-45H2,(H3,66,67)(H3,68,69)(H,71,78)(H,72,79)(H,73,80)(H,74,81)(H,75,82)(H,76,83)/t54-,55-,56+,57+/m0/s1. The van der Waals surface area contributed by atoms with Crippen LogP contribution < -0.4 is 53.4 Å². The van der Waals surface area contributed by atoms with Gasteiger partial charge in [0.05, 0.1) is 38.2 Å². The lowest BCUT2D eigenvalue weighted by Gasteiger charge is -2.28. The molecule has 2 aliphatic rings. The van der Waals surface area contributed by atoms with Gasteiger partial charge in [-0.3, -0.25) is 39.6 Å². The number of sulfonamides is 1. The first-order valence-corrected chi connectivity index (χ1v) is 32.7. The Labute approximate surface area is 518 Å². The molecule has 2 saturated carbocycles. The molecule has 0 unspecified atom stereocenters. The molecular formula is C65H92N12O10S. The monoisotopic (exact) mass is 1230 g/mol. The predicted octanol–water partition coefficient (Wildman–Crippen LogP) is 4.61. The molecule has 0 bridgehead atoms. The van der Waals surface area contributed by atoms with E-state index in [2.05, 4.69) is 41.9 Å². The molecule has 0 aliphatic heterocycles. The Morgan fingerprint density at radius 1 is 0.477 bits per heavy atom. The third-order valence-electron chi connectivity index (χ3n) is 15.9. The molecule has 4 aromatic rings. The number of nitrogens with one attached hydrogen (secondary N) is 10. The molecule has 0 saturated heterocycles. The molecule has 0 aromatic heterocycles. The number of hydrogen-bond donors (Lipinski definition) is 12. The normalized spacial score (nSPS) is 15.1. The molecule has 22 nitrogen and oxygen atoms in total. The third-order valence-corrected chi connectivity index (χ3v) is 17.3. The zero-order valence-electron chi connectivity index (χ0n) is 50.6. The highest BCUT2D eigenvalue weighted by atomic mass is 32.2. The molecule has 6 rings (SSSR count). The van der Waals surface area contributed by atoms with Crippen LogP contribution >= 0.6 is 0 Å². The van der Waals surface area contributed by atoms with Crippen LogP contribution in [0.4, 0.5) is 0 Å². The molecule has 2 aliphatic carbocycles. The summed E-state index contributed by atoms with van der Waals surface area (Å²) in [5.41, 5.74) is 15.5. The van der Waals surface area contributed by atoms with E-state index in [1.165, 1.54) is 6.42 Å². The van der Waals surface area contributed by atoms with E-state index < -0.39 is 57.8 Å². The molecular weight excluding hydrogens is 1140 g/mol. The number of nitrogen functional groups attached to an aromatic ring is 2. The van der Waals surface area contributed by atoms with Crippen LogP contribution in [0.3, 0.4) is 0 Å². The average Bonchev–Trinajstić information content (AvgIpc) is 3.64. The number of benzene rings is 4. The van der Waals surface area contributed by atoms with Crippen LogP contribution in [0.15, 0.2) is 109 Å². The van der Waals surface area contributed by atoms with E-state index in [0.717, 1.165) is 75.3 Å². The first-order chi connectivity index (χ1) is 42.5. The predicted molar refractivity (Wildman–Crippen MR) is 339 cm³/mol. The summed E-state index contributed by atoms with van der Waals surface area (Å²) in [5, 5.41) is 35.9. The lowest BCUT2D eigenvalue weighted by atomic mass is 9.84. The fourth-order valence-electron chi connectivity index (χ4n) is 11.0. The second-order valence-electron chi connectivity index (χ2n) is 22.9. The van der Waals surface area contributed by atoms with Crippen LogP contribution in [-0.4, -0.2) is 126 Å². The molecule has 6 amide bonds. The molecule has 88 heavy (non-hydrogen) atoms. The van der Waals surface area contributed by atoms with E-state index in [4.69, 9.17) is 31.8 Å². The fourth-order valence-corrected chi connectivity index (χ4v) is 12.3. The van der Waals surface area contributed by atoms with E-state index >= 15 is 0 Å². The van der Waals surface area contributed by atoms with Crippen LogP contribution in [0.1, 0.15) is 136 Å². The van der Waals surface area contributed by atoms with Gasteiger partial charge in [-0.1, -0.05) is 173 Å². The van der Waals surface area contributed by atoms with Gasteiger partial charge in [-0.2, -0.15) is 0 Å². The summed E-state index contributed by atoms with van der Waals surface area (Å²) in [5.74, 6) is -2.69. The summed E-state index contributed by atoms with van der Waals surface area (Å²) in [6.07, 6.45) is 11.6. The van der Waals surface area contributed by atoms with Gasteiger partial charge in [0.2, 0.25) is 45.5 Å². The van der Waals surface area contributed by atoms with E-state index in [0.29, 0.717) is 41.1 Å². The summed E-state index contributed by atoms with van der Waals surface area (Å²) in [7, 11) is -3.99. The Kier molecular flexibility index (Phi) is 30.0. The molecule has 0 heterocycles. The molecule has 4 aromatic carbocycles. The number of carbonyl (C=O) groups is 6. The Balaban J connectivity index is 0.934. The van der Waals surface area contributed by atoms with Crippen molar-refractivity contribution in [1.29, 1.82) is 10.8 Å². The minimum absolute atomic E-state index is 0.0447. The maximum atomic E-state index is 14.1. The largest absolute Gasteiger partial charge is 0.384 e. The SMILES string of the molecule is N=C(N)c1ccc(CNC(=O)[C@H](CCC(=O)NCCOCCOCCNC(=O)CC[C@H](NC(=O)[C@@H](CC2CCCCC2)NS(=O)(=O)Cc2ccccc2)C(=O)NCc2ccc(C(=N)N)cc2)NC(=O)[C@@H](CC2CCCCC2)NCCc2ccccc2)cc1. The van der Waals surface area contributed by atoms with Gasteiger partial charge in [0.25, 0.3) is 0 Å². The summed E-state index contributed by atoms with van der Waals surface area (Å²) >= 11 is 0. The number of nitrogens with two attached hydrogens (primary N) is 2. The van der Waals surface area contributed by atoms with Crippen molar-refractivity contribution in [2.45, 2.75) is 152 Å². The van der Waals surface area contributed by atoms with Gasteiger partial charge in [-0.25, -0.2) is 13.1 Å². The van der Waals surface area contributed by atoms with Crippen molar-refractivity contribution in [3.63, 3.8) is 0 Å². The zero-order valence-corrected chi connectivity index (χ0v) is 51.4. The van der Waals surface area contributed by atoms with Gasteiger partial charge in [0, 0.05) is 50.1 Å². The van der Waals surface area contributed by atoms with Crippen LogP contribution in [0, 0.1) is 22.7 Å². The van der Waals surface area contributed by atoms with Crippen LogP contribution in [0.25, 0.3) is 0 Å². The molecule has 0 spiro atoms. The highest BCUT2D eigenvalue weighted by molar-refractivity contribution is 7.88. The molecule has 0 radical (unpaired) electrons. The third kappa shape index (κ3) is 26.4. The maximum Gasteiger partial charge on any atom is 0.242 e. The topological polar surface area (TPSA) is 351 Å². The van der Waals surface area contributed by atoms with Crippen molar-refractivity contribution in [3.05, 3.63) is 143 Å². The van der Waals surface area contributed by atoms with E-state index in [1.54, 1.807) is 78.9 Å². The van der Waals surface area contributed by atoms with E-state index in [1.807, 2.05) is 30.3 Å². The van der Waals surface area contributed by atoms with Crippen molar-refractivity contribution in [3.8, 4) is 0 Å². The number of rotatable bonds is 39. The molecule has 2 fully saturated rings. The number of ether oxygens (including phenoxy) is 2. The second kappa shape index (κ2) is 38.0. The Bertz CT molecular complexity index is 2950. The minimum atomic E-state index is -3.99. The number of amidine groups is 2. The smallest absolute Gasteiger partial charge is 0.242 e. The van der Waals surface area contributed by atoms with Gasteiger partial charge in [-0.05, 0) is 72.7 Å². The fraction of sp³-hybridized carbons (Fsp3) is 0.508. The van der Waals surface area contributed by atoms with Gasteiger partial charge in [0.1, 0.15) is 29.8 Å². The number of carbonyl (C=O) groups excluding carboxylic acids is 6. The van der Waals surface area contributed by atoms with Crippen LogP contribution in [-0.2, 0) is 73.5 Å². The molecule has 23 heteroatoms. The second-order valence-corrected chi connectivity index (χ2v) is 24.7. The van der Waals surface area contributed by atoms with Crippen molar-refractivity contribution < 1.29 is 46.7 Å². The first-order valence-electron chi connectivity index (χ1n) is 31.0. The highest BCUT2D eigenvalue weighted by Gasteiger charge is 2.33. The van der Waals surface area contributed by atoms with Gasteiger partial charge in [0.15, 0.2) is 0 Å². The molecule has 478 valence electrons. The van der Waals surface area contributed by atoms with Gasteiger partial charge >= 0.3 is 0 Å². The number of hydrogen-bond acceptors (Lipinski definition) is 13. The summed E-state index contributed by atoms with van der Waals surface area (Å²) in [6, 6.07) is 28.5. The number of amides is 6. The Hall–Kier alpha value is -7.57. The average molecular weight is 1230 g/mol. The van der Waals surface area contributed by atoms with Crippen molar-refractivity contribution >= 4 is 57.1 Å². The molecule has 4 atom stereocenters. The highest BCUT2D eigenvalue weighted by Crippen LogP contribution is 2.29. The Morgan fingerprint density at radius 2 is 0.898 bits per heavy atom. The summed E-state index contributed by atoms with van der Waals surface area (Å²) in [6.45, 7) is 1.83. The van der Waals surface area contributed by atoms with Crippen LogP contribution in [0.5, 0.6) is 0 Å².